The van der Waals surface area contributed by atoms with Crippen molar-refractivity contribution in [2.45, 2.75) is 19.8 Å². The molecule has 0 aromatic heterocycles. The van der Waals surface area contributed by atoms with Crippen molar-refractivity contribution in [2.24, 2.45) is 5.73 Å². The third-order valence-corrected chi connectivity index (χ3v) is 2.38. The Hall–Kier alpha value is -1.61. The summed E-state index contributed by atoms with van der Waals surface area (Å²) in [6, 6.07) is 8.33. The Labute approximate surface area is 103 Å². The van der Waals surface area contributed by atoms with Gasteiger partial charge in [0.1, 0.15) is 0 Å². The van der Waals surface area contributed by atoms with Crippen LogP contribution in [0.15, 0.2) is 30.3 Å². The highest BCUT2D eigenvalue weighted by Crippen LogP contribution is 2.07. The molecule has 3 nitrogen and oxygen atoms in total. The van der Waals surface area contributed by atoms with Gasteiger partial charge in [0.05, 0.1) is 0 Å². The van der Waals surface area contributed by atoms with Crippen LogP contribution < -0.4 is 11.1 Å². The third-order valence-electron chi connectivity index (χ3n) is 2.38. The fraction of sp³-hybridized carbons (Fsp3) is 0.357. The summed E-state index contributed by atoms with van der Waals surface area (Å²) in [5, 5.41) is 2.76. The topological polar surface area (TPSA) is 55.1 Å². The lowest BCUT2D eigenvalue weighted by molar-refractivity contribution is -0.118. The number of amides is 1. The first-order valence-corrected chi connectivity index (χ1v) is 5.92. The van der Waals surface area contributed by atoms with Gasteiger partial charge >= 0.3 is 0 Å². The van der Waals surface area contributed by atoms with E-state index in [1.54, 1.807) is 0 Å². The zero-order chi connectivity index (χ0) is 12.5. The van der Waals surface area contributed by atoms with Gasteiger partial charge < -0.3 is 11.1 Å². The van der Waals surface area contributed by atoms with Gasteiger partial charge in [-0.15, -0.1) is 0 Å². The minimum absolute atomic E-state index is 0.0170. The van der Waals surface area contributed by atoms with Gasteiger partial charge in [0, 0.05) is 13.5 Å². The first-order chi connectivity index (χ1) is 8.22. The smallest absolute Gasteiger partial charge is 0.216 e. The Bertz CT molecular complexity index is 386. The van der Waals surface area contributed by atoms with Crippen LogP contribution in [0.2, 0.25) is 0 Å². The highest BCUT2D eigenvalue weighted by atomic mass is 16.1. The van der Waals surface area contributed by atoms with E-state index in [0.29, 0.717) is 13.1 Å². The molecule has 0 aliphatic carbocycles. The molecule has 0 spiro atoms. The Balaban J connectivity index is 2.42. The number of hydrogen-bond acceptors (Lipinski definition) is 2. The average Bonchev–Trinajstić information content (AvgIpc) is 2.29. The van der Waals surface area contributed by atoms with E-state index < -0.39 is 0 Å². The number of carbonyl (C=O) groups excluding carboxylic acids is 1. The Kier molecular flexibility index (Phi) is 6.04. The molecule has 0 saturated carbocycles. The predicted octanol–water partition coefficient (Wildman–Crippen LogP) is 1.73. The van der Waals surface area contributed by atoms with Crippen LogP contribution >= 0.6 is 0 Å². The zero-order valence-corrected chi connectivity index (χ0v) is 10.3. The molecule has 1 aromatic carbocycles. The number of rotatable bonds is 6. The van der Waals surface area contributed by atoms with Crippen LogP contribution in [-0.4, -0.2) is 19.0 Å². The van der Waals surface area contributed by atoms with Crippen LogP contribution in [0, 0.1) is 0 Å². The minimum Gasteiger partial charge on any atom is -0.356 e. The maximum atomic E-state index is 10.6. The summed E-state index contributed by atoms with van der Waals surface area (Å²) < 4.78 is 0. The molecule has 0 atom stereocenters. The molecular weight excluding hydrogens is 212 g/mol. The number of nitrogens with two attached hydrogens (primary N) is 1. The maximum absolute atomic E-state index is 10.6. The van der Waals surface area contributed by atoms with E-state index in [4.69, 9.17) is 5.73 Å². The minimum atomic E-state index is 0.0170. The molecule has 0 saturated heterocycles. The summed E-state index contributed by atoms with van der Waals surface area (Å²) in [7, 11) is 0. The molecular formula is C14H20N2O. The van der Waals surface area contributed by atoms with Gasteiger partial charge in [0.25, 0.3) is 0 Å². The lowest BCUT2D eigenvalue weighted by Crippen LogP contribution is -2.20. The largest absolute Gasteiger partial charge is 0.356 e. The van der Waals surface area contributed by atoms with E-state index in [0.717, 1.165) is 12.8 Å². The number of carbonyl (C=O) groups is 1. The number of hydrogen-bond donors (Lipinski definition) is 2. The Morgan fingerprint density at radius 3 is 3.00 bits per heavy atom. The van der Waals surface area contributed by atoms with E-state index in [1.807, 2.05) is 6.07 Å². The molecule has 0 aliphatic heterocycles. The fourth-order valence-corrected chi connectivity index (χ4v) is 1.57. The molecule has 0 heterocycles. The Morgan fingerprint density at radius 1 is 1.47 bits per heavy atom. The highest BCUT2D eigenvalue weighted by Gasteiger charge is 1.92. The predicted molar refractivity (Wildman–Crippen MR) is 71.5 cm³/mol. The molecule has 1 rings (SSSR count). The molecule has 1 aromatic rings. The van der Waals surface area contributed by atoms with Crippen LogP contribution in [-0.2, 0) is 11.2 Å². The van der Waals surface area contributed by atoms with E-state index >= 15 is 0 Å². The SMILES string of the molecule is CC(=O)NCCC=Cc1cccc(CCN)c1. The van der Waals surface area contributed by atoms with Gasteiger partial charge in [-0.2, -0.15) is 0 Å². The van der Waals surface area contributed by atoms with Gasteiger partial charge in [-0.3, -0.25) is 4.79 Å². The Morgan fingerprint density at radius 2 is 2.29 bits per heavy atom. The van der Waals surface area contributed by atoms with Crippen molar-refractivity contribution in [3.05, 3.63) is 41.5 Å². The fourth-order valence-electron chi connectivity index (χ4n) is 1.57. The molecule has 0 radical (unpaired) electrons. The summed E-state index contributed by atoms with van der Waals surface area (Å²) in [4.78, 5) is 10.6. The normalized spacial score (nSPS) is 10.7. The van der Waals surface area contributed by atoms with Gasteiger partial charge in [0.2, 0.25) is 5.91 Å². The highest BCUT2D eigenvalue weighted by molar-refractivity contribution is 5.72. The van der Waals surface area contributed by atoms with Gasteiger partial charge in [0.15, 0.2) is 0 Å². The van der Waals surface area contributed by atoms with Gasteiger partial charge in [-0.25, -0.2) is 0 Å². The van der Waals surface area contributed by atoms with Gasteiger partial charge in [-0.05, 0) is 30.5 Å². The van der Waals surface area contributed by atoms with Crippen molar-refractivity contribution < 1.29 is 4.79 Å². The second-order valence-electron chi connectivity index (χ2n) is 3.96. The monoisotopic (exact) mass is 232 g/mol. The standard InChI is InChI=1S/C14H20N2O/c1-12(17)16-10-3-2-5-13-6-4-7-14(11-13)8-9-15/h2,4-7,11H,3,8-10,15H2,1H3,(H,16,17). The molecule has 3 heteroatoms. The third kappa shape index (κ3) is 5.88. The van der Waals surface area contributed by atoms with E-state index in [-0.39, 0.29) is 5.91 Å². The molecule has 0 aliphatic rings. The second-order valence-corrected chi connectivity index (χ2v) is 3.96. The molecule has 3 N–H and O–H groups in total. The van der Waals surface area contributed by atoms with Gasteiger partial charge in [-0.1, -0.05) is 36.4 Å². The summed E-state index contributed by atoms with van der Waals surface area (Å²) in [6.07, 6.45) is 5.90. The van der Waals surface area contributed by atoms with E-state index in [9.17, 15) is 4.79 Å². The van der Waals surface area contributed by atoms with Crippen LogP contribution in [0.1, 0.15) is 24.5 Å². The van der Waals surface area contributed by atoms with Crippen LogP contribution in [0.25, 0.3) is 6.08 Å². The second kappa shape index (κ2) is 7.63. The van der Waals surface area contributed by atoms with Crippen molar-refractivity contribution in [3.63, 3.8) is 0 Å². The van der Waals surface area contributed by atoms with Crippen molar-refractivity contribution >= 4 is 12.0 Å². The van der Waals surface area contributed by atoms with Crippen molar-refractivity contribution in [2.75, 3.05) is 13.1 Å². The molecule has 1 amide bonds. The lowest BCUT2D eigenvalue weighted by Gasteiger charge is -2.00. The average molecular weight is 232 g/mol. The molecule has 92 valence electrons. The molecule has 0 unspecified atom stereocenters. The first kappa shape index (κ1) is 13.5. The van der Waals surface area contributed by atoms with Crippen molar-refractivity contribution in [3.8, 4) is 0 Å². The summed E-state index contributed by atoms with van der Waals surface area (Å²) in [6.45, 7) is 2.89. The van der Waals surface area contributed by atoms with Crippen molar-refractivity contribution in [1.29, 1.82) is 0 Å². The summed E-state index contributed by atoms with van der Waals surface area (Å²) in [5.74, 6) is 0.0170. The van der Waals surface area contributed by atoms with E-state index in [2.05, 4.69) is 35.7 Å². The lowest BCUT2D eigenvalue weighted by atomic mass is 10.1. The van der Waals surface area contributed by atoms with E-state index in [1.165, 1.54) is 18.1 Å². The molecule has 0 fully saturated rings. The number of benzene rings is 1. The molecule has 17 heavy (non-hydrogen) atoms. The molecule has 0 bridgehead atoms. The van der Waals surface area contributed by atoms with Crippen molar-refractivity contribution in [1.82, 2.24) is 5.32 Å². The summed E-state index contributed by atoms with van der Waals surface area (Å²) >= 11 is 0. The van der Waals surface area contributed by atoms with Crippen LogP contribution in [0.3, 0.4) is 0 Å². The van der Waals surface area contributed by atoms with Crippen LogP contribution in [0.5, 0.6) is 0 Å². The first-order valence-electron chi connectivity index (χ1n) is 5.92. The maximum Gasteiger partial charge on any atom is 0.216 e. The summed E-state index contributed by atoms with van der Waals surface area (Å²) in [5.41, 5.74) is 7.96. The van der Waals surface area contributed by atoms with Crippen LogP contribution in [0.4, 0.5) is 0 Å². The zero-order valence-electron chi connectivity index (χ0n) is 10.3. The number of nitrogens with one attached hydrogen (secondary N) is 1. The quantitative estimate of drug-likeness (QED) is 0.734.